The molecular weight excluding hydrogens is 288 g/mol. The zero-order chi connectivity index (χ0) is 16.6. The molecule has 0 radical (unpaired) electrons. The Hall–Kier alpha value is -1.74. The summed E-state index contributed by atoms with van der Waals surface area (Å²) in [5, 5.41) is 0. The van der Waals surface area contributed by atoms with Gasteiger partial charge in [-0.1, -0.05) is 24.6 Å². The largest absolute Gasteiger partial charge is 0.381 e. The molecule has 3 heteroatoms. The number of ether oxygens (including phenoxy) is 1. The Labute approximate surface area is 137 Å². The minimum Gasteiger partial charge on any atom is -0.381 e. The van der Waals surface area contributed by atoms with E-state index in [-0.39, 0.29) is 11.6 Å². The average Bonchev–Trinajstić information content (AvgIpc) is 3.09. The normalized spacial score (nSPS) is 24.4. The number of aryl methyl sites for hydroxylation is 3. The Morgan fingerprint density at radius 3 is 2.65 bits per heavy atom. The molecule has 2 unspecified atom stereocenters. The van der Waals surface area contributed by atoms with Crippen molar-refractivity contribution < 1.29 is 14.3 Å². The molecule has 1 aliphatic heterocycles. The Bertz CT molecular complexity index is 678. The summed E-state index contributed by atoms with van der Waals surface area (Å²) in [5.41, 5.74) is 4.97. The van der Waals surface area contributed by atoms with Crippen LogP contribution in [0.15, 0.2) is 23.8 Å². The van der Waals surface area contributed by atoms with Gasteiger partial charge in [0.2, 0.25) is 0 Å². The zero-order valence-corrected chi connectivity index (χ0v) is 14.1. The molecule has 2 aliphatic rings. The molecule has 3 rings (SSSR count). The highest BCUT2D eigenvalue weighted by molar-refractivity contribution is 6.25. The Kier molecular flexibility index (Phi) is 4.49. The molecule has 0 aromatic heterocycles. The van der Waals surface area contributed by atoms with E-state index < -0.39 is 5.92 Å². The van der Waals surface area contributed by atoms with Crippen LogP contribution in [0.2, 0.25) is 0 Å². The number of hydrogen-bond acceptors (Lipinski definition) is 3. The van der Waals surface area contributed by atoms with Crippen molar-refractivity contribution in [3.8, 4) is 0 Å². The highest BCUT2D eigenvalue weighted by Crippen LogP contribution is 2.36. The summed E-state index contributed by atoms with van der Waals surface area (Å²) < 4.78 is 5.39. The molecule has 23 heavy (non-hydrogen) atoms. The minimum atomic E-state index is -0.622. The number of benzene rings is 1. The van der Waals surface area contributed by atoms with Crippen LogP contribution in [-0.4, -0.2) is 24.8 Å². The van der Waals surface area contributed by atoms with Gasteiger partial charge in [0.05, 0.1) is 0 Å². The summed E-state index contributed by atoms with van der Waals surface area (Å²) in [4.78, 5) is 25.4. The van der Waals surface area contributed by atoms with Crippen molar-refractivity contribution in [3.05, 3.63) is 46.0 Å². The lowest BCUT2D eigenvalue weighted by Crippen LogP contribution is -2.19. The van der Waals surface area contributed by atoms with Gasteiger partial charge < -0.3 is 4.74 Å². The predicted octanol–water partition coefficient (Wildman–Crippen LogP) is 3.45. The third-order valence-electron chi connectivity index (χ3n) is 5.00. The van der Waals surface area contributed by atoms with Crippen molar-refractivity contribution in [1.82, 2.24) is 0 Å². The quantitative estimate of drug-likeness (QED) is 0.800. The third kappa shape index (κ3) is 3.02. The second-order valence-electron chi connectivity index (χ2n) is 6.81. The number of allylic oxidation sites excluding steroid dienone is 2. The third-order valence-corrected chi connectivity index (χ3v) is 5.00. The van der Waals surface area contributed by atoms with Gasteiger partial charge in [-0.05, 0) is 61.8 Å². The number of carbonyl (C=O) groups excluding carboxylic acids is 2. The summed E-state index contributed by atoms with van der Waals surface area (Å²) >= 11 is 0. The summed E-state index contributed by atoms with van der Waals surface area (Å²) in [5.74, 6) is -0.293. The summed E-state index contributed by atoms with van der Waals surface area (Å²) in [6, 6.07) is 4.17. The SMILES string of the molecule is CCc1cc(C)cc(C)c1C1C(=O)C=C(CC2CCOC2)C1=O. The number of ketones is 2. The maximum atomic E-state index is 12.9. The van der Waals surface area contributed by atoms with E-state index >= 15 is 0 Å². The average molecular weight is 312 g/mol. The van der Waals surface area contributed by atoms with Gasteiger partial charge in [0.1, 0.15) is 5.92 Å². The van der Waals surface area contributed by atoms with Crippen LogP contribution in [0.1, 0.15) is 47.9 Å². The molecule has 1 aromatic rings. The second kappa shape index (κ2) is 6.40. The Morgan fingerprint density at radius 2 is 2.00 bits per heavy atom. The zero-order valence-electron chi connectivity index (χ0n) is 14.1. The smallest absolute Gasteiger partial charge is 0.174 e. The van der Waals surface area contributed by atoms with E-state index in [0.717, 1.165) is 36.1 Å². The fourth-order valence-electron chi connectivity index (χ4n) is 3.90. The van der Waals surface area contributed by atoms with Crippen LogP contribution < -0.4 is 0 Å². The molecule has 0 amide bonds. The molecule has 0 bridgehead atoms. The molecule has 1 heterocycles. The summed E-state index contributed by atoms with van der Waals surface area (Å²) in [6.07, 6.45) is 4.07. The van der Waals surface area contributed by atoms with E-state index in [1.807, 2.05) is 6.92 Å². The van der Waals surface area contributed by atoms with E-state index in [1.165, 1.54) is 5.56 Å². The fraction of sp³-hybridized carbons (Fsp3) is 0.500. The van der Waals surface area contributed by atoms with E-state index in [0.29, 0.717) is 24.5 Å². The number of Topliss-reactive ketones (excluding diaryl/α,β-unsaturated/α-hetero) is 1. The van der Waals surface area contributed by atoms with E-state index in [4.69, 9.17) is 4.74 Å². The molecule has 0 saturated carbocycles. The van der Waals surface area contributed by atoms with Crippen molar-refractivity contribution in [2.45, 2.75) is 46.0 Å². The van der Waals surface area contributed by atoms with Gasteiger partial charge in [-0.15, -0.1) is 0 Å². The Morgan fingerprint density at radius 1 is 1.22 bits per heavy atom. The molecule has 0 N–H and O–H groups in total. The van der Waals surface area contributed by atoms with Crippen molar-refractivity contribution in [2.75, 3.05) is 13.2 Å². The molecule has 1 fully saturated rings. The van der Waals surface area contributed by atoms with E-state index in [1.54, 1.807) is 6.08 Å². The van der Waals surface area contributed by atoms with Crippen molar-refractivity contribution in [3.63, 3.8) is 0 Å². The van der Waals surface area contributed by atoms with Crippen molar-refractivity contribution in [1.29, 1.82) is 0 Å². The highest BCUT2D eigenvalue weighted by Gasteiger charge is 2.38. The van der Waals surface area contributed by atoms with Gasteiger partial charge in [-0.25, -0.2) is 0 Å². The summed E-state index contributed by atoms with van der Waals surface area (Å²) in [6.45, 7) is 7.60. The van der Waals surface area contributed by atoms with Crippen LogP contribution in [0.25, 0.3) is 0 Å². The topological polar surface area (TPSA) is 43.4 Å². The fourth-order valence-corrected chi connectivity index (χ4v) is 3.90. The van der Waals surface area contributed by atoms with Crippen molar-refractivity contribution in [2.24, 2.45) is 5.92 Å². The monoisotopic (exact) mass is 312 g/mol. The van der Waals surface area contributed by atoms with E-state index in [9.17, 15) is 9.59 Å². The van der Waals surface area contributed by atoms with Gasteiger partial charge in [-0.3, -0.25) is 9.59 Å². The van der Waals surface area contributed by atoms with Crippen LogP contribution in [0.4, 0.5) is 0 Å². The maximum absolute atomic E-state index is 12.9. The van der Waals surface area contributed by atoms with Crippen LogP contribution in [0.5, 0.6) is 0 Å². The lowest BCUT2D eigenvalue weighted by molar-refractivity contribution is -0.123. The van der Waals surface area contributed by atoms with Gasteiger partial charge in [0.25, 0.3) is 0 Å². The predicted molar refractivity (Wildman–Crippen MR) is 89.7 cm³/mol. The molecule has 2 atom stereocenters. The van der Waals surface area contributed by atoms with Crippen LogP contribution in [0.3, 0.4) is 0 Å². The first-order chi connectivity index (χ1) is 11.0. The number of hydrogen-bond donors (Lipinski definition) is 0. The highest BCUT2D eigenvalue weighted by atomic mass is 16.5. The Balaban J connectivity index is 1.90. The summed E-state index contributed by atoms with van der Waals surface area (Å²) in [7, 11) is 0. The first-order valence-corrected chi connectivity index (χ1v) is 8.47. The van der Waals surface area contributed by atoms with Crippen LogP contribution in [0, 0.1) is 19.8 Å². The molecule has 1 aliphatic carbocycles. The van der Waals surface area contributed by atoms with Crippen molar-refractivity contribution >= 4 is 11.6 Å². The maximum Gasteiger partial charge on any atom is 0.174 e. The van der Waals surface area contributed by atoms with Crippen LogP contribution in [-0.2, 0) is 20.7 Å². The molecule has 3 nitrogen and oxygen atoms in total. The van der Waals surface area contributed by atoms with E-state index in [2.05, 4.69) is 26.0 Å². The molecule has 0 spiro atoms. The van der Waals surface area contributed by atoms with Gasteiger partial charge >= 0.3 is 0 Å². The number of carbonyl (C=O) groups is 2. The first kappa shape index (κ1) is 16.1. The molecule has 122 valence electrons. The standard InChI is InChI=1S/C20H24O3/c1-4-15-8-12(2)7-13(3)18(15)19-17(21)10-16(20(19)22)9-14-5-6-23-11-14/h7-8,10,14,19H,4-6,9,11H2,1-3H3. The van der Waals surface area contributed by atoms with Gasteiger partial charge in [-0.2, -0.15) is 0 Å². The number of rotatable bonds is 4. The molecule has 1 aromatic carbocycles. The minimum absolute atomic E-state index is 0.00329. The first-order valence-electron chi connectivity index (χ1n) is 8.47. The lowest BCUT2D eigenvalue weighted by atomic mass is 9.84. The van der Waals surface area contributed by atoms with Crippen LogP contribution >= 0.6 is 0 Å². The molecular formula is C20H24O3. The molecule has 1 saturated heterocycles. The second-order valence-corrected chi connectivity index (χ2v) is 6.81. The van der Waals surface area contributed by atoms with Gasteiger partial charge in [0.15, 0.2) is 11.6 Å². The lowest BCUT2D eigenvalue weighted by Gasteiger charge is -2.18. The van der Waals surface area contributed by atoms with Gasteiger partial charge in [0, 0.05) is 18.8 Å².